The van der Waals surface area contributed by atoms with Gasteiger partial charge in [-0.1, -0.05) is 12.1 Å². The molecule has 1 amide bonds. The number of aryl methyl sites for hydroxylation is 1. The molecule has 1 fully saturated rings. The molecule has 0 spiro atoms. The lowest BCUT2D eigenvalue weighted by atomic mass is 10.0. The van der Waals surface area contributed by atoms with Crippen molar-refractivity contribution in [3.05, 3.63) is 53.4 Å². The van der Waals surface area contributed by atoms with Gasteiger partial charge >= 0.3 is 0 Å². The summed E-state index contributed by atoms with van der Waals surface area (Å²) >= 11 is 0. The van der Waals surface area contributed by atoms with Crippen molar-refractivity contribution in [2.75, 3.05) is 11.9 Å². The summed E-state index contributed by atoms with van der Waals surface area (Å²) in [6.07, 6.45) is 7.77. The van der Waals surface area contributed by atoms with Gasteiger partial charge in [0.2, 0.25) is 0 Å². The average Bonchev–Trinajstić information content (AvgIpc) is 3.41. The zero-order valence-corrected chi connectivity index (χ0v) is 18.4. The SMILES string of the molecule is C/C=C/c1cc(NCC(C)(C)O)c2ncc(-c3ccc(C(=O)NC4CC4)c(C)c3)n2n1. The second-order valence-corrected chi connectivity index (χ2v) is 8.81. The minimum atomic E-state index is -0.857. The van der Waals surface area contributed by atoms with E-state index in [1.165, 1.54) is 0 Å². The molecule has 3 N–H and O–H groups in total. The zero-order chi connectivity index (χ0) is 22.2. The van der Waals surface area contributed by atoms with Crippen LogP contribution in [0, 0.1) is 6.92 Å². The molecule has 3 aromatic rings. The van der Waals surface area contributed by atoms with E-state index < -0.39 is 5.60 Å². The molecule has 1 saturated carbocycles. The molecule has 2 heterocycles. The van der Waals surface area contributed by atoms with Crippen LogP contribution in [-0.4, -0.2) is 43.8 Å². The van der Waals surface area contributed by atoms with Crippen LogP contribution < -0.4 is 10.6 Å². The lowest BCUT2D eigenvalue weighted by Crippen LogP contribution is -2.29. The van der Waals surface area contributed by atoms with E-state index in [2.05, 4.69) is 15.6 Å². The highest BCUT2D eigenvalue weighted by molar-refractivity contribution is 5.96. The Hall–Kier alpha value is -3.19. The predicted molar refractivity (Wildman–Crippen MR) is 123 cm³/mol. The number of hydrogen-bond acceptors (Lipinski definition) is 5. The van der Waals surface area contributed by atoms with Crippen LogP contribution in [0.15, 0.2) is 36.5 Å². The molecule has 4 rings (SSSR count). The van der Waals surface area contributed by atoms with E-state index in [4.69, 9.17) is 5.10 Å². The number of nitrogens with zero attached hydrogens (tertiary/aromatic N) is 3. The molecule has 0 radical (unpaired) electrons. The van der Waals surface area contributed by atoms with Crippen molar-refractivity contribution in [1.82, 2.24) is 19.9 Å². The smallest absolute Gasteiger partial charge is 0.251 e. The average molecular weight is 420 g/mol. The van der Waals surface area contributed by atoms with Gasteiger partial charge in [0.15, 0.2) is 5.65 Å². The highest BCUT2D eigenvalue weighted by Gasteiger charge is 2.24. The topological polar surface area (TPSA) is 91.5 Å². The number of hydrogen-bond donors (Lipinski definition) is 3. The fraction of sp³-hybridized carbons (Fsp3) is 0.375. The molecular weight excluding hydrogens is 390 g/mol. The standard InChI is InChI=1S/C24H29N5O2/c1-5-6-18-12-20(26-14-24(3,4)31)22-25-13-21(29(22)28-18)16-7-10-19(15(2)11-16)23(30)27-17-8-9-17/h5-7,10-13,17,26,31H,8-9,14H2,1-4H3,(H,27,30)/b6-5+. The van der Waals surface area contributed by atoms with Crippen LogP contribution in [0.5, 0.6) is 0 Å². The van der Waals surface area contributed by atoms with Gasteiger partial charge in [-0.05, 0) is 70.4 Å². The van der Waals surface area contributed by atoms with E-state index in [9.17, 15) is 9.90 Å². The van der Waals surface area contributed by atoms with Gasteiger partial charge in [-0.15, -0.1) is 0 Å². The summed E-state index contributed by atoms with van der Waals surface area (Å²) < 4.78 is 1.81. The molecule has 0 saturated heterocycles. The van der Waals surface area contributed by atoms with Gasteiger partial charge in [0.05, 0.1) is 28.9 Å². The summed E-state index contributed by atoms with van der Waals surface area (Å²) in [5.74, 6) is -0.0173. The number of nitrogens with one attached hydrogen (secondary N) is 2. The van der Waals surface area contributed by atoms with E-state index in [1.807, 2.05) is 50.3 Å². The Kier molecular flexibility index (Phi) is 5.54. The Morgan fingerprint density at radius 3 is 2.74 bits per heavy atom. The summed E-state index contributed by atoms with van der Waals surface area (Å²) in [4.78, 5) is 17.0. The molecule has 0 aliphatic heterocycles. The third kappa shape index (κ3) is 4.77. The molecule has 1 aromatic carbocycles. The van der Waals surface area contributed by atoms with Crippen LogP contribution >= 0.6 is 0 Å². The third-order valence-electron chi connectivity index (χ3n) is 5.21. The lowest BCUT2D eigenvalue weighted by molar-refractivity contribution is 0.0940. The van der Waals surface area contributed by atoms with Crippen molar-refractivity contribution < 1.29 is 9.90 Å². The Morgan fingerprint density at radius 1 is 1.32 bits per heavy atom. The number of aliphatic hydroxyl groups is 1. The molecular formula is C24H29N5O2. The molecule has 1 aliphatic rings. The van der Waals surface area contributed by atoms with Crippen LogP contribution in [0.4, 0.5) is 5.69 Å². The first-order valence-corrected chi connectivity index (χ1v) is 10.6. The Balaban J connectivity index is 1.72. The van der Waals surface area contributed by atoms with Crippen LogP contribution in [0.3, 0.4) is 0 Å². The summed E-state index contributed by atoms with van der Waals surface area (Å²) in [5.41, 5.74) is 4.79. The summed E-state index contributed by atoms with van der Waals surface area (Å²) in [5, 5.41) is 21.2. The number of benzene rings is 1. The first-order chi connectivity index (χ1) is 14.7. The van der Waals surface area contributed by atoms with Crippen LogP contribution in [0.2, 0.25) is 0 Å². The van der Waals surface area contributed by atoms with Gasteiger partial charge < -0.3 is 15.7 Å². The normalized spacial score (nSPS) is 14.4. The van der Waals surface area contributed by atoms with Crippen LogP contribution in [-0.2, 0) is 0 Å². The molecule has 1 aliphatic carbocycles. The zero-order valence-electron chi connectivity index (χ0n) is 18.4. The van der Waals surface area contributed by atoms with Crippen molar-refractivity contribution in [2.45, 2.75) is 52.2 Å². The maximum Gasteiger partial charge on any atom is 0.251 e. The van der Waals surface area contributed by atoms with Gasteiger partial charge in [-0.2, -0.15) is 5.10 Å². The van der Waals surface area contributed by atoms with Crippen molar-refractivity contribution >= 4 is 23.3 Å². The maximum atomic E-state index is 12.5. The minimum Gasteiger partial charge on any atom is -0.389 e. The number of amides is 1. The number of anilines is 1. The first kappa shape index (κ1) is 21.1. The fourth-order valence-electron chi connectivity index (χ4n) is 3.45. The largest absolute Gasteiger partial charge is 0.389 e. The number of carbonyl (C=O) groups is 1. The Morgan fingerprint density at radius 2 is 2.10 bits per heavy atom. The second-order valence-electron chi connectivity index (χ2n) is 8.81. The van der Waals surface area contributed by atoms with Gasteiger partial charge in [0.25, 0.3) is 5.91 Å². The molecule has 31 heavy (non-hydrogen) atoms. The number of imidazole rings is 1. The fourth-order valence-corrected chi connectivity index (χ4v) is 3.45. The van der Waals surface area contributed by atoms with Gasteiger partial charge in [-0.3, -0.25) is 4.79 Å². The maximum absolute atomic E-state index is 12.5. The first-order valence-electron chi connectivity index (χ1n) is 10.6. The number of fused-ring (bicyclic) bond motifs is 1. The summed E-state index contributed by atoms with van der Waals surface area (Å²) in [6.45, 7) is 7.79. The second kappa shape index (κ2) is 8.15. The quantitative estimate of drug-likeness (QED) is 0.542. The molecule has 162 valence electrons. The number of aromatic nitrogens is 3. The summed E-state index contributed by atoms with van der Waals surface area (Å²) in [7, 11) is 0. The molecule has 0 atom stereocenters. The van der Waals surface area contributed by atoms with E-state index >= 15 is 0 Å². The molecule has 0 unspecified atom stereocenters. The molecule has 7 nitrogen and oxygen atoms in total. The van der Waals surface area contributed by atoms with Crippen LogP contribution in [0.1, 0.15) is 55.2 Å². The van der Waals surface area contributed by atoms with Crippen LogP contribution in [0.25, 0.3) is 23.0 Å². The van der Waals surface area contributed by atoms with Gasteiger partial charge in [0, 0.05) is 23.7 Å². The number of rotatable bonds is 7. The Labute approximate surface area is 182 Å². The number of carbonyl (C=O) groups excluding carboxylic acids is 1. The van der Waals surface area contributed by atoms with Crippen molar-refractivity contribution in [3.63, 3.8) is 0 Å². The van der Waals surface area contributed by atoms with Crippen molar-refractivity contribution in [3.8, 4) is 11.3 Å². The van der Waals surface area contributed by atoms with Crippen molar-refractivity contribution in [1.29, 1.82) is 0 Å². The van der Waals surface area contributed by atoms with Gasteiger partial charge in [0.1, 0.15) is 0 Å². The highest BCUT2D eigenvalue weighted by Crippen LogP contribution is 2.27. The van der Waals surface area contributed by atoms with E-state index in [0.717, 1.165) is 41.0 Å². The van der Waals surface area contributed by atoms with Crippen molar-refractivity contribution in [2.24, 2.45) is 0 Å². The van der Waals surface area contributed by atoms with E-state index in [1.54, 1.807) is 24.6 Å². The van der Waals surface area contributed by atoms with E-state index in [-0.39, 0.29) is 5.91 Å². The van der Waals surface area contributed by atoms with Gasteiger partial charge in [-0.25, -0.2) is 9.50 Å². The number of allylic oxidation sites excluding steroid dienone is 1. The predicted octanol–water partition coefficient (Wildman–Crippen LogP) is 3.81. The van der Waals surface area contributed by atoms with E-state index in [0.29, 0.717) is 23.8 Å². The third-order valence-corrected chi connectivity index (χ3v) is 5.21. The lowest BCUT2D eigenvalue weighted by Gasteiger charge is -2.19. The monoisotopic (exact) mass is 419 g/mol. The molecule has 2 aromatic heterocycles. The molecule has 0 bridgehead atoms. The minimum absolute atomic E-state index is 0.0173. The molecule has 7 heteroatoms. The summed E-state index contributed by atoms with van der Waals surface area (Å²) in [6, 6.07) is 8.06. The highest BCUT2D eigenvalue weighted by atomic mass is 16.3. The Bertz CT molecular complexity index is 1150.